The summed E-state index contributed by atoms with van der Waals surface area (Å²) in [6.07, 6.45) is 0. The monoisotopic (exact) mass is 356 g/mol. The van der Waals surface area contributed by atoms with E-state index in [0.717, 1.165) is 11.1 Å². The SMILES string of the molecule is CN(C)C(=O)C1CN(C(=O)Nc2cc(-c3ccc(F)cc3)ccc2N)C1. The second-order valence-corrected chi connectivity index (χ2v) is 6.57. The van der Waals surface area contributed by atoms with Crippen molar-refractivity contribution in [3.05, 3.63) is 48.3 Å². The average Bonchev–Trinajstić information content (AvgIpc) is 2.56. The van der Waals surface area contributed by atoms with Crippen molar-refractivity contribution in [2.75, 3.05) is 38.2 Å². The van der Waals surface area contributed by atoms with Gasteiger partial charge in [0.15, 0.2) is 0 Å². The van der Waals surface area contributed by atoms with Gasteiger partial charge in [0.25, 0.3) is 0 Å². The van der Waals surface area contributed by atoms with Crippen molar-refractivity contribution in [1.29, 1.82) is 0 Å². The highest BCUT2D eigenvalue weighted by atomic mass is 19.1. The maximum Gasteiger partial charge on any atom is 0.321 e. The molecule has 2 aromatic rings. The number of benzene rings is 2. The van der Waals surface area contributed by atoms with Gasteiger partial charge in [0.1, 0.15) is 5.82 Å². The first-order valence-corrected chi connectivity index (χ1v) is 8.27. The van der Waals surface area contributed by atoms with Crippen LogP contribution in [-0.4, -0.2) is 48.9 Å². The van der Waals surface area contributed by atoms with Crippen LogP contribution in [0.1, 0.15) is 0 Å². The van der Waals surface area contributed by atoms with E-state index in [0.29, 0.717) is 24.5 Å². The Morgan fingerprint density at radius 1 is 1.12 bits per heavy atom. The number of anilines is 2. The van der Waals surface area contributed by atoms with Crippen molar-refractivity contribution in [2.45, 2.75) is 0 Å². The molecule has 2 aromatic carbocycles. The van der Waals surface area contributed by atoms with Gasteiger partial charge >= 0.3 is 6.03 Å². The van der Waals surface area contributed by atoms with Gasteiger partial charge in [-0.15, -0.1) is 0 Å². The van der Waals surface area contributed by atoms with Crippen LogP contribution in [0.15, 0.2) is 42.5 Å². The van der Waals surface area contributed by atoms with Crippen molar-refractivity contribution in [2.24, 2.45) is 5.92 Å². The molecule has 1 aliphatic heterocycles. The van der Waals surface area contributed by atoms with Crippen LogP contribution in [0.3, 0.4) is 0 Å². The number of nitrogens with zero attached hydrogens (tertiary/aromatic N) is 2. The molecule has 0 aromatic heterocycles. The number of nitrogens with one attached hydrogen (secondary N) is 1. The third kappa shape index (κ3) is 3.61. The fourth-order valence-corrected chi connectivity index (χ4v) is 2.85. The molecule has 1 fully saturated rings. The summed E-state index contributed by atoms with van der Waals surface area (Å²) >= 11 is 0. The van der Waals surface area contributed by atoms with Crippen LogP contribution in [0.4, 0.5) is 20.6 Å². The summed E-state index contributed by atoms with van der Waals surface area (Å²) in [5.74, 6) is -0.442. The normalized spacial score (nSPS) is 13.9. The van der Waals surface area contributed by atoms with Crippen LogP contribution in [0.25, 0.3) is 11.1 Å². The maximum atomic E-state index is 13.1. The summed E-state index contributed by atoms with van der Waals surface area (Å²) in [4.78, 5) is 27.3. The van der Waals surface area contributed by atoms with E-state index in [1.165, 1.54) is 17.0 Å². The van der Waals surface area contributed by atoms with Crippen molar-refractivity contribution in [3.8, 4) is 11.1 Å². The van der Waals surface area contributed by atoms with E-state index in [9.17, 15) is 14.0 Å². The Bertz CT molecular complexity index is 830. The van der Waals surface area contributed by atoms with Crippen LogP contribution >= 0.6 is 0 Å². The number of carbonyl (C=O) groups is 2. The predicted octanol–water partition coefficient (Wildman–Crippen LogP) is 2.63. The Hall–Kier alpha value is -3.09. The summed E-state index contributed by atoms with van der Waals surface area (Å²) in [5, 5.41) is 2.79. The van der Waals surface area contributed by atoms with Gasteiger partial charge in [-0.2, -0.15) is 0 Å². The molecule has 0 atom stereocenters. The summed E-state index contributed by atoms with van der Waals surface area (Å²) in [6, 6.07) is 11.1. The van der Waals surface area contributed by atoms with Gasteiger partial charge in [-0.3, -0.25) is 4.79 Å². The second kappa shape index (κ2) is 7.03. The van der Waals surface area contributed by atoms with E-state index in [2.05, 4.69) is 5.32 Å². The Kier molecular flexibility index (Phi) is 4.79. The third-order valence-electron chi connectivity index (χ3n) is 4.43. The highest BCUT2D eigenvalue weighted by molar-refractivity contribution is 5.95. The molecule has 3 amide bonds. The van der Waals surface area contributed by atoms with E-state index in [1.807, 2.05) is 6.07 Å². The van der Waals surface area contributed by atoms with Crippen molar-refractivity contribution in [1.82, 2.24) is 9.80 Å². The largest absolute Gasteiger partial charge is 0.397 e. The minimum Gasteiger partial charge on any atom is -0.397 e. The molecule has 7 heteroatoms. The number of nitrogen functional groups attached to an aromatic ring is 1. The average molecular weight is 356 g/mol. The van der Waals surface area contributed by atoms with Gasteiger partial charge in [0.2, 0.25) is 5.91 Å². The summed E-state index contributed by atoms with van der Waals surface area (Å²) in [6.45, 7) is 0.779. The fraction of sp³-hybridized carbons (Fsp3) is 0.263. The molecule has 1 saturated heterocycles. The molecule has 0 unspecified atom stereocenters. The zero-order valence-electron chi connectivity index (χ0n) is 14.7. The molecule has 0 spiro atoms. The Morgan fingerprint density at radius 3 is 2.35 bits per heavy atom. The Morgan fingerprint density at radius 2 is 1.73 bits per heavy atom. The molecule has 26 heavy (non-hydrogen) atoms. The number of hydrogen-bond donors (Lipinski definition) is 2. The van der Waals surface area contributed by atoms with Crippen LogP contribution in [-0.2, 0) is 4.79 Å². The van der Waals surface area contributed by atoms with Gasteiger partial charge in [-0.1, -0.05) is 18.2 Å². The number of rotatable bonds is 3. The number of carbonyl (C=O) groups excluding carboxylic acids is 2. The molecule has 0 aliphatic carbocycles. The van der Waals surface area contributed by atoms with Gasteiger partial charge in [0.05, 0.1) is 17.3 Å². The van der Waals surface area contributed by atoms with Gasteiger partial charge in [-0.05, 0) is 35.4 Å². The molecular weight excluding hydrogens is 335 g/mol. The van der Waals surface area contributed by atoms with Gasteiger partial charge in [-0.25, -0.2) is 9.18 Å². The molecule has 0 saturated carbocycles. The zero-order valence-corrected chi connectivity index (χ0v) is 14.7. The molecule has 6 nitrogen and oxygen atoms in total. The molecule has 3 rings (SSSR count). The van der Waals surface area contributed by atoms with Crippen molar-refractivity contribution >= 4 is 23.3 Å². The second-order valence-electron chi connectivity index (χ2n) is 6.57. The molecule has 3 N–H and O–H groups in total. The molecule has 1 heterocycles. The lowest BCUT2D eigenvalue weighted by atomic mass is 9.99. The lowest BCUT2D eigenvalue weighted by molar-refractivity contribution is -0.136. The lowest BCUT2D eigenvalue weighted by Crippen LogP contribution is -2.56. The van der Waals surface area contributed by atoms with E-state index < -0.39 is 0 Å². The van der Waals surface area contributed by atoms with E-state index in [1.54, 1.807) is 43.3 Å². The number of hydrogen-bond acceptors (Lipinski definition) is 3. The number of amides is 3. The summed E-state index contributed by atoms with van der Waals surface area (Å²) < 4.78 is 13.1. The zero-order chi connectivity index (χ0) is 18.8. The number of nitrogens with two attached hydrogens (primary N) is 1. The highest BCUT2D eigenvalue weighted by Crippen LogP contribution is 2.28. The first-order chi connectivity index (χ1) is 12.3. The number of halogens is 1. The number of urea groups is 1. The lowest BCUT2D eigenvalue weighted by Gasteiger charge is -2.39. The minimum atomic E-state index is -0.308. The van der Waals surface area contributed by atoms with E-state index >= 15 is 0 Å². The first kappa shape index (κ1) is 17.7. The van der Waals surface area contributed by atoms with Crippen LogP contribution < -0.4 is 11.1 Å². The van der Waals surface area contributed by atoms with E-state index in [-0.39, 0.29) is 23.7 Å². The van der Waals surface area contributed by atoms with E-state index in [4.69, 9.17) is 5.73 Å². The van der Waals surface area contributed by atoms with Gasteiger partial charge in [0, 0.05) is 27.2 Å². The number of likely N-dealkylation sites (tertiary alicyclic amines) is 1. The predicted molar refractivity (Wildman–Crippen MR) is 99.0 cm³/mol. The summed E-state index contributed by atoms with van der Waals surface area (Å²) in [5.41, 5.74) is 8.52. The molecule has 0 bridgehead atoms. The Balaban J connectivity index is 1.68. The quantitative estimate of drug-likeness (QED) is 0.830. The van der Waals surface area contributed by atoms with Crippen molar-refractivity contribution in [3.63, 3.8) is 0 Å². The van der Waals surface area contributed by atoms with Crippen LogP contribution in [0, 0.1) is 11.7 Å². The van der Waals surface area contributed by atoms with Gasteiger partial charge < -0.3 is 20.9 Å². The smallest absolute Gasteiger partial charge is 0.321 e. The van der Waals surface area contributed by atoms with Crippen LogP contribution in [0.2, 0.25) is 0 Å². The standard InChI is InChI=1S/C19H21FN4O2/c1-23(2)18(25)14-10-24(11-14)19(26)22-17-9-13(5-8-16(17)21)12-3-6-15(20)7-4-12/h3-9,14H,10-11,21H2,1-2H3,(H,22,26). The molecule has 136 valence electrons. The topological polar surface area (TPSA) is 78.7 Å². The van der Waals surface area contributed by atoms with Crippen molar-refractivity contribution < 1.29 is 14.0 Å². The fourth-order valence-electron chi connectivity index (χ4n) is 2.85. The summed E-state index contributed by atoms with van der Waals surface area (Å²) in [7, 11) is 3.40. The Labute approximate surface area is 151 Å². The highest BCUT2D eigenvalue weighted by Gasteiger charge is 2.36. The first-order valence-electron chi connectivity index (χ1n) is 8.27. The van der Waals surface area contributed by atoms with Crippen LogP contribution in [0.5, 0.6) is 0 Å². The molecule has 1 aliphatic rings. The third-order valence-corrected chi connectivity index (χ3v) is 4.43. The molecule has 0 radical (unpaired) electrons. The minimum absolute atomic E-state index is 0.0203. The molecular formula is C19H21FN4O2. The maximum absolute atomic E-state index is 13.1.